The second-order valence-electron chi connectivity index (χ2n) is 4.15. The fourth-order valence-corrected chi connectivity index (χ4v) is 2.14. The average Bonchev–Trinajstić information content (AvgIpc) is 2.40. The van der Waals surface area contributed by atoms with Crippen LogP contribution < -0.4 is 10.2 Å². The maximum absolute atomic E-state index is 11.2. The monoisotopic (exact) mass is 253 g/mol. The lowest BCUT2D eigenvalue weighted by Crippen LogP contribution is -2.45. The Morgan fingerprint density at radius 1 is 1.47 bits per heavy atom. The Kier molecular flexibility index (Phi) is 4.20. The number of halogens is 1. The van der Waals surface area contributed by atoms with Crippen molar-refractivity contribution in [3.63, 3.8) is 0 Å². The Bertz CT molecular complexity index is 363. The first-order valence-corrected chi connectivity index (χ1v) is 6.34. The van der Waals surface area contributed by atoms with Gasteiger partial charge in [0.15, 0.2) is 0 Å². The van der Waals surface area contributed by atoms with Crippen molar-refractivity contribution >= 4 is 23.3 Å². The van der Waals surface area contributed by atoms with Gasteiger partial charge in [-0.25, -0.2) is 4.98 Å². The third-order valence-corrected chi connectivity index (χ3v) is 3.20. The van der Waals surface area contributed by atoms with E-state index < -0.39 is 0 Å². The van der Waals surface area contributed by atoms with E-state index in [1.165, 1.54) is 0 Å². The highest BCUT2D eigenvalue weighted by Crippen LogP contribution is 2.17. The third-order valence-electron chi connectivity index (χ3n) is 2.95. The van der Waals surface area contributed by atoms with Gasteiger partial charge < -0.3 is 10.2 Å². The molecular formula is C12H16ClN3O. The fourth-order valence-electron chi connectivity index (χ4n) is 2.06. The van der Waals surface area contributed by atoms with Crippen molar-refractivity contribution in [3.8, 4) is 0 Å². The van der Waals surface area contributed by atoms with Gasteiger partial charge in [0.2, 0.25) is 5.91 Å². The number of anilines is 1. The quantitative estimate of drug-likeness (QED) is 0.829. The summed E-state index contributed by atoms with van der Waals surface area (Å²) < 4.78 is 0. The first-order chi connectivity index (χ1) is 8.29. The van der Waals surface area contributed by atoms with E-state index >= 15 is 0 Å². The van der Waals surface area contributed by atoms with Gasteiger partial charge >= 0.3 is 0 Å². The molecule has 0 spiro atoms. The molecule has 1 aliphatic rings. The van der Waals surface area contributed by atoms with Crippen LogP contribution in [0.2, 0.25) is 0 Å². The number of amides is 1. The summed E-state index contributed by atoms with van der Waals surface area (Å²) in [6, 6.07) is 6.17. The Morgan fingerprint density at radius 2 is 2.24 bits per heavy atom. The van der Waals surface area contributed by atoms with Crippen LogP contribution in [0.15, 0.2) is 24.4 Å². The van der Waals surface area contributed by atoms with Crippen LogP contribution in [0.1, 0.15) is 12.8 Å². The largest absolute Gasteiger partial charge is 0.356 e. The fraction of sp³-hybridized carbons (Fsp3) is 0.500. The standard InChI is InChI=1S/C12H16ClN3O/c13-9-12(17)15-10-4-7-16(8-5-10)11-3-1-2-6-14-11/h1-3,6,10H,4-5,7-9H2,(H,15,17). The molecule has 2 rings (SSSR count). The maximum atomic E-state index is 11.2. The number of aromatic nitrogens is 1. The van der Waals surface area contributed by atoms with Gasteiger partial charge in [0.25, 0.3) is 0 Å². The molecule has 0 aromatic carbocycles. The second kappa shape index (κ2) is 5.87. The zero-order valence-electron chi connectivity index (χ0n) is 9.60. The minimum atomic E-state index is -0.0806. The normalized spacial score (nSPS) is 16.9. The molecular weight excluding hydrogens is 238 g/mol. The van der Waals surface area contributed by atoms with Crippen LogP contribution in [-0.2, 0) is 4.79 Å². The minimum absolute atomic E-state index is 0.0421. The van der Waals surface area contributed by atoms with Crippen molar-refractivity contribution in [1.82, 2.24) is 10.3 Å². The number of alkyl halides is 1. The summed E-state index contributed by atoms with van der Waals surface area (Å²) in [6.07, 6.45) is 3.69. The molecule has 2 heterocycles. The van der Waals surface area contributed by atoms with Crippen LogP contribution in [-0.4, -0.2) is 35.9 Å². The number of rotatable bonds is 3. The number of carbonyl (C=O) groups is 1. The van der Waals surface area contributed by atoms with Crippen molar-refractivity contribution < 1.29 is 4.79 Å². The number of pyridine rings is 1. The number of hydrogen-bond donors (Lipinski definition) is 1. The van der Waals surface area contributed by atoms with Gasteiger partial charge in [0.1, 0.15) is 11.7 Å². The van der Waals surface area contributed by atoms with Crippen LogP contribution >= 0.6 is 11.6 Å². The van der Waals surface area contributed by atoms with Gasteiger partial charge in [0.05, 0.1) is 0 Å². The van der Waals surface area contributed by atoms with Gasteiger partial charge in [-0.1, -0.05) is 6.07 Å². The molecule has 1 fully saturated rings. The predicted molar refractivity (Wildman–Crippen MR) is 68.3 cm³/mol. The molecule has 0 aliphatic carbocycles. The van der Waals surface area contributed by atoms with E-state index in [1.54, 1.807) is 6.20 Å². The zero-order valence-corrected chi connectivity index (χ0v) is 10.4. The Hall–Kier alpha value is -1.29. The molecule has 1 aliphatic heterocycles. The summed E-state index contributed by atoms with van der Waals surface area (Å²) in [5.41, 5.74) is 0. The lowest BCUT2D eigenvalue weighted by atomic mass is 10.1. The molecule has 0 saturated carbocycles. The van der Waals surface area contributed by atoms with E-state index in [9.17, 15) is 4.79 Å². The summed E-state index contributed by atoms with van der Waals surface area (Å²) in [5, 5.41) is 2.92. The van der Waals surface area contributed by atoms with Crippen molar-refractivity contribution in [3.05, 3.63) is 24.4 Å². The number of carbonyl (C=O) groups excluding carboxylic acids is 1. The highest BCUT2D eigenvalue weighted by atomic mass is 35.5. The van der Waals surface area contributed by atoms with Crippen molar-refractivity contribution in [2.45, 2.75) is 18.9 Å². The topological polar surface area (TPSA) is 45.2 Å². The number of nitrogens with zero attached hydrogens (tertiary/aromatic N) is 2. The van der Waals surface area contributed by atoms with Crippen molar-refractivity contribution in [1.29, 1.82) is 0 Å². The Morgan fingerprint density at radius 3 is 2.82 bits per heavy atom. The van der Waals surface area contributed by atoms with E-state index in [-0.39, 0.29) is 17.8 Å². The zero-order chi connectivity index (χ0) is 12.1. The van der Waals surface area contributed by atoms with Crippen LogP contribution in [0.25, 0.3) is 0 Å². The smallest absolute Gasteiger partial charge is 0.235 e. The van der Waals surface area contributed by atoms with Gasteiger partial charge in [-0.05, 0) is 25.0 Å². The molecule has 5 heteroatoms. The molecule has 1 saturated heterocycles. The molecule has 4 nitrogen and oxygen atoms in total. The third kappa shape index (κ3) is 3.33. The summed E-state index contributed by atoms with van der Waals surface area (Å²) in [6.45, 7) is 1.84. The molecule has 0 unspecified atom stereocenters. The molecule has 1 aromatic rings. The molecule has 0 radical (unpaired) electrons. The molecule has 92 valence electrons. The summed E-state index contributed by atoms with van der Waals surface area (Å²) in [7, 11) is 0. The van der Waals surface area contributed by atoms with Crippen LogP contribution in [0, 0.1) is 0 Å². The number of piperidine rings is 1. The predicted octanol–water partition coefficient (Wildman–Crippen LogP) is 1.41. The van der Waals surface area contributed by atoms with Crippen LogP contribution in [0.5, 0.6) is 0 Å². The van der Waals surface area contributed by atoms with Gasteiger partial charge in [-0.15, -0.1) is 11.6 Å². The molecule has 0 atom stereocenters. The number of nitrogens with one attached hydrogen (secondary N) is 1. The highest BCUT2D eigenvalue weighted by molar-refractivity contribution is 6.27. The SMILES string of the molecule is O=C(CCl)NC1CCN(c2ccccn2)CC1. The Labute approximate surface area is 106 Å². The maximum Gasteiger partial charge on any atom is 0.235 e. The summed E-state index contributed by atoms with van der Waals surface area (Å²) >= 11 is 5.46. The minimum Gasteiger partial charge on any atom is -0.356 e. The summed E-state index contributed by atoms with van der Waals surface area (Å²) in [5.74, 6) is 0.970. The second-order valence-corrected chi connectivity index (χ2v) is 4.42. The van der Waals surface area contributed by atoms with Gasteiger partial charge in [-0.3, -0.25) is 4.79 Å². The average molecular weight is 254 g/mol. The molecule has 1 N–H and O–H groups in total. The van der Waals surface area contributed by atoms with Crippen LogP contribution in [0.3, 0.4) is 0 Å². The highest BCUT2D eigenvalue weighted by Gasteiger charge is 2.20. The van der Waals surface area contributed by atoms with Gasteiger partial charge in [0, 0.05) is 25.3 Å². The van der Waals surface area contributed by atoms with E-state index in [0.29, 0.717) is 0 Å². The molecule has 1 amide bonds. The summed E-state index contributed by atoms with van der Waals surface area (Å²) in [4.78, 5) is 17.7. The first-order valence-electron chi connectivity index (χ1n) is 5.81. The lowest BCUT2D eigenvalue weighted by Gasteiger charge is -2.33. The lowest BCUT2D eigenvalue weighted by molar-refractivity contribution is -0.119. The van der Waals surface area contributed by atoms with E-state index in [1.807, 2.05) is 18.2 Å². The molecule has 0 bridgehead atoms. The van der Waals surface area contributed by atoms with Crippen molar-refractivity contribution in [2.24, 2.45) is 0 Å². The van der Waals surface area contributed by atoms with E-state index in [2.05, 4.69) is 15.2 Å². The van der Waals surface area contributed by atoms with Crippen LogP contribution in [0.4, 0.5) is 5.82 Å². The molecule has 1 aromatic heterocycles. The number of hydrogen-bond acceptors (Lipinski definition) is 3. The first kappa shape index (κ1) is 12.2. The molecule has 17 heavy (non-hydrogen) atoms. The van der Waals surface area contributed by atoms with E-state index in [4.69, 9.17) is 11.6 Å². The van der Waals surface area contributed by atoms with E-state index in [0.717, 1.165) is 31.7 Å². The Balaban J connectivity index is 1.84. The van der Waals surface area contributed by atoms with Crippen molar-refractivity contribution in [2.75, 3.05) is 23.9 Å². The van der Waals surface area contributed by atoms with Gasteiger partial charge in [-0.2, -0.15) is 0 Å².